The molecule has 0 atom stereocenters. The molecule has 5 nitrogen and oxygen atoms in total. The lowest BCUT2D eigenvalue weighted by Gasteiger charge is -2.32. The number of rotatable bonds is 5. The quantitative estimate of drug-likeness (QED) is 0.791. The third kappa shape index (κ3) is 5.53. The van der Waals surface area contributed by atoms with Crippen molar-refractivity contribution in [3.05, 3.63) is 34.3 Å². The number of hydrogen-bond donors (Lipinski definition) is 1. The van der Waals surface area contributed by atoms with E-state index in [4.69, 9.17) is 4.74 Å². The smallest absolute Gasteiger partial charge is 0.407 e. The van der Waals surface area contributed by atoms with Gasteiger partial charge < -0.3 is 15.0 Å². The number of ether oxygens (including phenoxy) is 1. The number of carbonyl (C=O) groups excluding carboxylic acids is 2. The van der Waals surface area contributed by atoms with Crippen molar-refractivity contribution in [3.8, 4) is 0 Å². The van der Waals surface area contributed by atoms with E-state index < -0.39 is 0 Å². The lowest BCUT2D eigenvalue weighted by atomic mass is 10.0. The van der Waals surface area contributed by atoms with Crippen molar-refractivity contribution in [1.29, 1.82) is 0 Å². The average Bonchev–Trinajstić information content (AvgIpc) is 2.56. The zero-order valence-electron chi connectivity index (χ0n) is 13.4. The first-order valence-corrected chi connectivity index (χ1v) is 8.87. The van der Waals surface area contributed by atoms with Crippen LogP contribution in [0.5, 0.6) is 0 Å². The second kappa shape index (κ2) is 8.91. The zero-order chi connectivity index (χ0) is 16.7. The van der Waals surface area contributed by atoms with Crippen molar-refractivity contribution in [2.45, 2.75) is 38.6 Å². The number of nitrogens with one attached hydrogen (secondary N) is 1. The van der Waals surface area contributed by atoms with Crippen LogP contribution < -0.4 is 5.32 Å². The second-order valence-corrected chi connectivity index (χ2v) is 6.62. The fraction of sp³-hybridized carbons (Fsp3) is 0.529. The Labute approximate surface area is 145 Å². The molecule has 0 saturated carbocycles. The summed E-state index contributed by atoms with van der Waals surface area (Å²) in [5.41, 5.74) is 0.693. The van der Waals surface area contributed by atoms with Crippen LogP contribution in [0.1, 0.15) is 43.0 Å². The van der Waals surface area contributed by atoms with Crippen molar-refractivity contribution in [3.63, 3.8) is 0 Å². The number of benzene rings is 1. The summed E-state index contributed by atoms with van der Waals surface area (Å²) in [5, 5.41) is 2.88. The summed E-state index contributed by atoms with van der Waals surface area (Å²) in [6.07, 6.45) is 3.05. The third-order valence-corrected chi connectivity index (χ3v) is 4.46. The first-order valence-electron chi connectivity index (χ1n) is 8.08. The van der Waals surface area contributed by atoms with Crippen LogP contribution in [0.3, 0.4) is 0 Å². The highest BCUT2D eigenvalue weighted by molar-refractivity contribution is 9.10. The van der Waals surface area contributed by atoms with E-state index in [2.05, 4.69) is 28.2 Å². The fourth-order valence-electron chi connectivity index (χ4n) is 2.52. The van der Waals surface area contributed by atoms with Crippen molar-refractivity contribution < 1.29 is 14.3 Å². The van der Waals surface area contributed by atoms with E-state index in [1.807, 2.05) is 29.2 Å². The van der Waals surface area contributed by atoms with Gasteiger partial charge in [-0.2, -0.15) is 0 Å². The SMILES string of the molecule is CCCCOC(=O)NC1CCN(C(=O)c2ccc(Br)cc2)CC1. The zero-order valence-corrected chi connectivity index (χ0v) is 15.0. The van der Waals surface area contributed by atoms with Crippen LogP contribution >= 0.6 is 15.9 Å². The predicted molar refractivity (Wildman–Crippen MR) is 92.5 cm³/mol. The second-order valence-electron chi connectivity index (χ2n) is 5.71. The summed E-state index contributed by atoms with van der Waals surface area (Å²) < 4.78 is 6.06. The number of halogens is 1. The molecule has 1 fully saturated rings. The Morgan fingerprint density at radius 2 is 1.91 bits per heavy atom. The average molecular weight is 383 g/mol. The molecule has 2 rings (SSSR count). The molecule has 1 aromatic rings. The van der Waals surface area contributed by atoms with E-state index in [-0.39, 0.29) is 18.0 Å². The third-order valence-electron chi connectivity index (χ3n) is 3.93. The monoisotopic (exact) mass is 382 g/mol. The van der Waals surface area contributed by atoms with Gasteiger partial charge >= 0.3 is 6.09 Å². The van der Waals surface area contributed by atoms with Crippen molar-refractivity contribution in [1.82, 2.24) is 10.2 Å². The minimum Gasteiger partial charge on any atom is -0.450 e. The normalized spacial score (nSPS) is 15.3. The predicted octanol–water partition coefficient (Wildman–Crippen LogP) is 3.58. The number of alkyl carbamates (subject to hydrolysis) is 1. The Hall–Kier alpha value is -1.56. The minimum absolute atomic E-state index is 0.0430. The molecule has 126 valence electrons. The van der Waals surface area contributed by atoms with Gasteiger partial charge in [0.15, 0.2) is 0 Å². The standard InChI is InChI=1S/C17H23BrN2O3/c1-2-3-12-23-17(22)19-15-8-10-20(11-9-15)16(21)13-4-6-14(18)7-5-13/h4-7,15H,2-3,8-12H2,1H3,(H,19,22). The number of amides is 2. The summed E-state index contributed by atoms with van der Waals surface area (Å²) in [4.78, 5) is 25.9. The van der Waals surface area contributed by atoms with Crippen LogP contribution in [-0.4, -0.2) is 42.6 Å². The first-order chi connectivity index (χ1) is 11.1. The van der Waals surface area contributed by atoms with Crippen LogP contribution in [-0.2, 0) is 4.74 Å². The molecule has 2 amide bonds. The molecule has 1 N–H and O–H groups in total. The Bertz CT molecular complexity index is 525. The highest BCUT2D eigenvalue weighted by Crippen LogP contribution is 2.16. The van der Waals surface area contributed by atoms with Crippen molar-refractivity contribution >= 4 is 27.9 Å². The van der Waals surface area contributed by atoms with E-state index in [0.717, 1.165) is 30.2 Å². The lowest BCUT2D eigenvalue weighted by Crippen LogP contribution is -2.46. The molecule has 1 aliphatic heterocycles. The maximum Gasteiger partial charge on any atom is 0.407 e. The highest BCUT2D eigenvalue weighted by Gasteiger charge is 2.24. The molecule has 1 heterocycles. The van der Waals surface area contributed by atoms with Crippen molar-refractivity contribution in [2.75, 3.05) is 19.7 Å². The van der Waals surface area contributed by atoms with Crippen LogP contribution in [0.15, 0.2) is 28.7 Å². The number of likely N-dealkylation sites (tertiary alicyclic amines) is 1. The maximum atomic E-state index is 12.4. The molecule has 23 heavy (non-hydrogen) atoms. The number of carbonyl (C=O) groups is 2. The molecule has 0 bridgehead atoms. The minimum atomic E-state index is -0.351. The first kappa shape index (κ1) is 17.8. The molecule has 6 heteroatoms. The molecule has 0 radical (unpaired) electrons. The summed E-state index contributed by atoms with van der Waals surface area (Å²) >= 11 is 3.37. The van der Waals surface area contributed by atoms with E-state index in [9.17, 15) is 9.59 Å². The van der Waals surface area contributed by atoms with E-state index in [0.29, 0.717) is 25.3 Å². The Balaban J connectivity index is 1.76. The van der Waals surface area contributed by atoms with Gasteiger partial charge in [-0.05, 0) is 43.5 Å². The number of piperidine rings is 1. The van der Waals surface area contributed by atoms with Gasteiger partial charge in [0.1, 0.15) is 0 Å². The summed E-state index contributed by atoms with van der Waals surface area (Å²) in [6.45, 7) is 3.81. The van der Waals surface area contributed by atoms with E-state index in [1.54, 1.807) is 0 Å². The largest absolute Gasteiger partial charge is 0.450 e. The van der Waals surface area contributed by atoms with Gasteiger partial charge in [-0.1, -0.05) is 29.3 Å². The molecule has 0 aromatic heterocycles. The number of nitrogens with zero attached hydrogens (tertiary/aromatic N) is 1. The summed E-state index contributed by atoms with van der Waals surface area (Å²) in [6, 6.07) is 7.46. The number of hydrogen-bond acceptors (Lipinski definition) is 3. The van der Waals surface area contributed by atoms with Gasteiger partial charge in [0.2, 0.25) is 0 Å². The molecule has 1 aromatic carbocycles. The number of unbranched alkanes of at least 4 members (excludes halogenated alkanes) is 1. The van der Waals surface area contributed by atoms with Crippen molar-refractivity contribution in [2.24, 2.45) is 0 Å². The topological polar surface area (TPSA) is 58.6 Å². The molecular formula is C17H23BrN2O3. The molecular weight excluding hydrogens is 360 g/mol. The van der Waals surface area contributed by atoms with Crippen LogP contribution in [0.4, 0.5) is 4.79 Å². The molecule has 0 aliphatic carbocycles. The van der Waals surface area contributed by atoms with E-state index >= 15 is 0 Å². The molecule has 0 unspecified atom stereocenters. The van der Waals surface area contributed by atoms with E-state index in [1.165, 1.54) is 0 Å². The van der Waals surface area contributed by atoms with Gasteiger partial charge in [-0.25, -0.2) is 4.79 Å². The molecule has 0 spiro atoms. The Morgan fingerprint density at radius 3 is 2.52 bits per heavy atom. The lowest BCUT2D eigenvalue weighted by molar-refractivity contribution is 0.0701. The Morgan fingerprint density at radius 1 is 1.26 bits per heavy atom. The molecule has 1 aliphatic rings. The van der Waals surface area contributed by atoms with Crippen LogP contribution in [0, 0.1) is 0 Å². The van der Waals surface area contributed by atoms with Gasteiger partial charge in [-0.15, -0.1) is 0 Å². The fourth-order valence-corrected chi connectivity index (χ4v) is 2.78. The van der Waals surface area contributed by atoms with Gasteiger partial charge in [0.25, 0.3) is 5.91 Å². The maximum absolute atomic E-state index is 12.4. The van der Waals surface area contributed by atoms with Crippen LogP contribution in [0.25, 0.3) is 0 Å². The summed E-state index contributed by atoms with van der Waals surface area (Å²) in [7, 11) is 0. The van der Waals surface area contributed by atoms with Gasteiger partial charge in [0.05, 0.1) is 6.61 Å². The molecule has 1 saturated heterocycles. The van der Waals surface area contributed by atoms with Gasteiger partial charge in [-0.3, -0.25) is 4.79 Å². The van der Waals surface area contributed by atoms with Gasteiger partial charge in [0, 0.05) is 29.2 Å². The Kier molecular flexibility index (Phi) is 6.89. The highest BCUT2D eigenvalue weighted by atomic mass is 79.9. The summed E-state index contributed by atoms with van der Waals surface area (Å²) in [5.74, 6) is 0.0430. The van der Waals surface area contributed by atoms with Crippen LogP contribution in [0.2, 0.25) is 0 Å².